The summed E-state index contributed by atoms with van der Waals surface area (Å²) in [6.45, 7) is 0.0713. The number of rotatable bonds is 10. The van der Waals surface area contributed by atoms with Crippen molar-refractivity contribution in [2.75, 3.05) is 13.1 Å². The molecule has 0 spiro atoms. The third-order valence-corrected chi connectivity index (χ3v) is 2.28. The van der Waals surface area contributed by atoms with E-state index in [0.29, 0.717) is 0 Å². The van der Waals surface area contributed by atoms with E-state index in [4.69, 9.17) is 21.1 Å². The zero-order valence-corrected chi connectivity index (χ0v) is 11.1. The van der Waals surface area contributed by atoms with Gasteiger partial charge in [-0.1, -0.05) is 0 Å². The topological polar surface area (TPSA) is 233 Å². The van der Waals surface area contributed by atoms with Crippen molar-refractivity contribution < 1.29 is 45.8 Å². The molecule has 1 radical (unpaired) electrons. The first kappa shape index (κ1) is 40.0. The Kier molecular flexibility index (Phi) is 34.2. The summed E-state index contributed by atoms with van der Waals surface area (Å²) in [6.07, 6.45) is -2.37. The zero-order valence-electron chi connectivity index (χ0n) is 11.1. The number of nitrogens with two attached hydrogens (primary N) is 1. The fraction of sp³-hybridized carbons (Fsp3) is 0.600. The second-order valence-corrected chi connectivity index (χ2v) is 3.89. The van der Waals surface area contributed by atoms with Crippen LogP contribution in [0.25, 0.3) is 0 Å². The van der Waals surface area contributed by atoms with E-state index in [2.05, 4.69) is 5.32 Å². The normalized spacial score (nSPS) is 11.1. The number of carboxylic acid groups (broad SMARTS) is 3. The molecule has 11 N–H and O–H groups in total. The number of aliphatic hydroxyl groups is 1. The van der Waals surface area contributed by atoms with Gasteiger partial charge in [0.25, 0.3) is 0 Å². The predicted octanol–water partition coefficient (Wildman–Crippen LogP) is -5.37. The molecular formula is C10H24N2Na3O9. The molecule has 0 aromatic rings. The van der Waals surface area contributed by atoms with Gasteiger partial charge in [-0.3, -0.25) is 19.7 Å². The molecule has 1 atom stereocenters. The second-order valence-electron chi connectivity index (χ2n) is 3.89. The summed E-state index contributed by atoms with van der Waals surface area (Å²) in [5.41, 5.74) is 2.99. The van der Waals surface area contributed by atoms with Crippen LogP contribution in [-0.4, -0.2) is 157 Å². The van der Waals surface area contributed by atoms with Gasteiger partial charge in [0.05, 0.1) is 19.3 Å². The molecule has 0 rings (SSSR count). The van der Waals surface area contributed by atoms with Crippen molar-refractivity contribution in [1.29, 1.82) is 0 Å². The molecule has 24 heavy (non-hydrogen) atoms. The average molecular weight is 385 g/mol. The van der Waals surface area contributed by atoms with Crippen LogP contribution in [0, 0.1) is 5.92 Å². The van der Waals surface area contributed by atoms with E-state index in [9.17, 15) is 19.5 Å². The molecule has 0 aliphatic rings. The van der Waals surface area contributed by atoms with Crippen molar-refractivity contribution in [3.05, 3.63) is 5.92 Å². The van der Waals surface area contributed by atoms with Crippen molar-refractivity contribution in [3.8, 4) is 0 Å². The number of aliphatic carboxylic acids is 3. The maximum absolute atomic E-state index is 10.7. The molecule has 0 saturated heterocycles. The van der Waals surface area contributed by atoms with E-state index < -0.39 is 42.9 Å². The number of carboxylic acids is 3. The van der Waals surface area contributed by atoms with Gasteiger partial charge in [0.2, 0.25) is 0 Å². The summed E-state index contributed by atoms with van der Waals surface area (Å²) < 4.78 is 0. The molecule has 11 nitrogen and oxygen atoms in total. The van der Waals surface area contributed by atoms with E-state index in [0.717, 1.165) is 0 Å². The van der Waals surface area contributed by atoms with Gasteiger partial charge in [0.1, 0.15) is 5.72 Å². The third kappa shape index (κ3) is 18.0. The first-order valence-electron chi connectivity index (χ1n) is 5.39. The van der Waals surface area contributed by atoms with E-state index in [1.807, 2.05) is 0 Å². The summed E-state index contributed by atoms with van der Waals surface area (Å²) >= 11 is 0. The summed E-state index contributed by atoms with van der Waals surface area (Å²) in [5, 5.41) is 38.6. The first-order valence-corrected chi connectivity index (χ1v) is 5.39. The van der Waals surface area contributed by atoms with Gasteiger partial charge in [-0.05, 0) is 0 Å². The molecule has 0 heterocycles. The van der Waals surface area contributed by atoms with Crippen molar-refractivity contribution in [1.82, 2.24) is 5.32 Å². The van der Waals surface area contributed by atoms with Crippen molar-refractivity contribution in [2.24, 2.45) is 5.73 Å². The van der Waals surface area contributed by atoms with Crippen LogP contribution in [0.15, 0.2) is 0 Å². The van der Waals surface area contributed by atoms with Crippen LogP contribution >= 0.6 is 0 Å². The van der Waals surface area contributed by atoms with Gasteiger partial charge >= 0.3 is 107 Å². The predicted molar refractivity (Wildman–Crippen MR) is 90.7 cm³/mol. The zero-order chi connectivity index (χ0) is 15.1. The quantitative estimate of drug-likeness (QED) is 0.155. The minimum absolute atomic E-state index is 0. The fourth-order valence-electron chi connectivity index (χ4n) is 1.53. The van der Waals surface area contributed by atoms with Gasteiger partial charge < -0.3 is 37.1 Å². The third-order valence-electron chi connectivity index (χ3n) is 2.28. The molecule has 0 aromatic carbocycles. The number of hydrogen-bond donors (Lipinski definition) is 6. The Bertz CT molecular complexity index is 346. The minimum atomic E-state index is -2.22. The number of nitrogens with one attached hydrogen (secondary N) is 1. The van der Waals surface area contributed by atoms with Crippen LogP contribution in [0.4, 0.5) is 0 Å². The molecule has 0 fully saturated rings. The first-order chi connectivity index (χ1) is 8.71. The van der Waals surface area contributed by atoms with Gasteiger partial charge in [0, 0.05) is 19.0 Å². The Hall–Kier alpha value is 1.21. The molecule has 0 amide bonds. The molecule has 0 bridgehead atoms. The number of carbonyl (C=O) groups is 3. The van der Waals surface area contributed by atoms with E-state index in [-0.39, 0.29) is 119 Å². The SMILES string of the molecule is NCCNC(O)(CC(=O)O)[C](CC(=O)O)CC(=O)O.O.O.[NaH].[NaH].[NaH]. The van der Waals surface area contributed by atoms with Crippen LogP contribution in [0.3, 0.4) is 0 Å². The maximum atomic E-state index is 10.7. The summed E-state index contributed by atoms with van der Waals surface area (Å²) in [7, 11) is 0. The summed E-state index contributed by atoms with van der Waals surface area (Å²) in [5.74, 6) is -4.48. The standard InChI is InChI=1S/C10H17N2O7.3Na.2H2O.3H/c11-1-2-12-10(19,5-9(17)18)6(3-7(13)14)4-8(15)16;;;;;;;;/h12,19H,1-5,11H2,(H,13,14)(H,15,16)(H,17,18);;;;2*1H2;;;. The van der Waals surface area contributed by atoms with Crippen molar-refractivity contribution >= 4 is 107 Å². The van der Waals surface area contributed by atoms with Crippen LogP contribution in [-0.2, 0) is 14.4 Å². The van der Waals surface area contributed by atoms with Crippen LogP contribution in [0.1, 0.15) is 19.3 Å². The van der Waals surface area contributed by atoms with Crippen LogP contribution in [0.5, 0.6) is 0 Å². The Morgan fingerprint density at radius 2 is 1.25 bits per heavy atom. The van der Waals surface area contributed by atoms with E-state index in [1.54, 1.807) is 0 Å². The molecule has 0 aromatic heterocycles. The monoisotopic (exact) mass is 385 g/mol. The van der Waals surface area contributed by atoms with Crippen LogP contribution in [0.2, 0.25) is 0 Å². The van der Waals surface area contributed by atoms with Crippen molar-refractivity contribution in [2.45, 2.75) is 25.0 Å². The molecule has 14 heteroatoms. The van der Waals surface area contributed by atoms with Gasteiger partial charge in [-0.25, -0.2) is 0 Å². The summed E-state index contributed by atoms with van der Waals surface area (Å²) in [4.78, 5) is 32.1. The van der Waals surface area contributed by atoms with Gasteiger partial charge in [-0.2, -0.15) is 0 Å². The number of hydrogen-bond acceptors (Lipinski definition) is 6. The summed E-state index contributed by atoms with van der Waals surface area (Å²) in [6, 6.07) is 0. The molecule has 0 aliphatic carbocycles. The molecule has 0 saturated carbocycles. The average Bonchev–Trinajstić information content (AvgIpc) is 2.23. The van der Waals surface area contributed by atoms with Gasteiger partial charge in [-0.15, -0.1) is 0 Å². The van der Waals surface area contributed by atoms with Crippen LogP contribution < -0.4 is 11.1 Å². The Morgan fingerprint density at radius 3 is 1.50 bits per heavy atom. The molecule has 0 aliphatic heterocycles. The molecule has 1 unspecified atom stereocenters. The Balaban J connectivity index is -0.000000162. The Labute approximate surface area is 205 Å². The van der Waals surface area contributed by atoms with Crippen molar-refractivity contribution in [3.63, 3.8) is 0 Å². The molecular weight excluding hydrogens is 361 g/mol. The second kappa shape index (κ2) is 20.5. The van der Waals surface area contributed by atoms with Gasteiger partial charge in [0.15, 0.2) is 0 Å². The molecule has 131 valence electrons. The Morgan fingerprint density at radius 1 is 0.875 bits per heavy atom. The fourth-order valence-corrected chi connectivity index (χ4v) is 1.53. The van der Waals surface area contributed by atoms with E-state index >= 15 is 0 Å². The van der Waals surface area contributed by atoms with E-state index in [1.165, 1.54) is 0 Å².